The number of benzene rings is 1. The third-order valence-corrected chi connectivity index (χ3v) is 4.61. The normalized spacial score (nSPS) is 23.6. The molecule has 2 aliphatic heterocycles. The van der Waals surface area contributed by atoms with Gasteiger partial charge in [0.25, 0.3) is 0 Å². The van der Waals surface area contributed by atoms with Gasteiger partial charge in [-0.3, -0.25) is 0 Å². The average Bonchev–Trinajstić information content (AvgIpc) is 2.36. The Bertz CT molecular complexity index is 388. The predicted molar refractivity (Wildman–Crippen MR) is 73.9 cm³/mol. The zero-order valence-electron chi connectivity index (χ0n) is 11.2. The van der Waals surface area contributed by atoms with Gasteiger partial charge in [0.15, 0.2) is 0 Å². The van der Waals surface area contributed by atoms with Crippen LogP contribution in [0.15, 0.2) is 24.3 Å². The van der Waals surface area contributed by atoms with Crippen molar-refractivity contribution in [1.29, 1.82) is 0 Å². The van der Waals surface area contributed by atoms with E-state index >= 15 is 0 Å². The molecular weight excluding hydrogens is 222 g/mol. The Morgan fingerprint density at radius 1 is 1.17 bits per heavy atom. The van der Waals surface area contributed by atoms with Crippen LogP contribution in [0.1, 0.15) is 30.4 Å². The van der Waals surface area contributed by atoms with E-state index in [1.807, 2.05) is 0 Å². The minimum absolute atomic E-state index is 0.399. The van der Waals surface area contributed by atoms with E-state index in [2.05, 4.69) is 36.5 Å². The number of ether oxygens (including phenoxy) is 1. The summed E-state index contributed by atoms with van der Waals surface area (Å²) in [5.74, 6) is 0.849. The van der Waals surface area contributed by atoms with Gasteiger partial charge in [-0.15, -0.1) is 0 Å². The highest BCUT2D eigenvalue weighted by atomic mass is 16.5. The summed E-state index contributed by atoms with van der Waals surface area (Å²) in [5, 5.41) is 3.47. The van der Waals surface area contributed by atoms with Crippen LogP contribution < -0.4 is 5.32 Å². The summed E-state index contributed by atoms with van der Waals surface area (Å²) in [5.41, 5.74) is 3.28. The molecule has 98 valence electrons. The third-order valence-electron chi connectivity index (χ3n) is 4.61. The van der Waals surface area contributed by atoms with Crippen molar-refractivity contribution in [2.75, 3.05) is 26.3 Å². The molecule has 1 N–H and O–H groups in total. The summed E-state index contributed by atoms with van der Waals surface area (Å²) in [4.78, 5) is 0. The van der Waals surface area contributed by atoms with Crippen molar-refractivity contribution in [2.24, 2.45) is 5.92 Å². The molecule has 18 heavy (non-hydrogen) atoms. The lowest BCUT2D eigenvalue weighted by Crippen LogP contribution is -2.57. The Hall–Kier alpha value is -0.860. The first-order chi connectivity index (χ1) is 8.78. The van der Waals surface area contributed by atoms with Crippen molar-refractivity contribution in [2.45, 2.75) is 31.6 Å². The molecule has 2 aliphatic rings. The Labute approximate surface area is 110 Å². The summed E-state index contributed by atoms with van der Waals surface area (Å²) in [7, 11) is 0. The van der Waals surface area contributed by atoms with Crippen LogP contribution >= 0.6 is 0 Å². The van der Waals surface area contributed by atoms with Gasteiger partial charge < -0.3 is 10.1 Å². The second-order valence-corrected chi connectivity index (χ2v) is 6.01. The van der Waals surface area contributed by atoms with Gasteiger partial charge in [-0.25, -0.2) is 0 Å². The van der Waals surface area contributed by atoms with Gasteiger partial charge in [-0.2, -0.15) is 0 Å². The zero-order chi connectivity index (χ0) is 12.4. The molecule has 0 saturated carbocycles. The SMILES string of the molecule is Cc1ccc(C2(CC3CCOCC3)CNC2)cc1. The molecule has 2 fully saturated rings. The smallest absolute Gasteiger partial charge is 0.0468 e. The van der Waals surface area contributed by atoms with Gasteiger partial charge in [0.2, 0.25) is 0 Å². The predicted octanol–water partition coefficient (Wildman–Crippen LogP) is 2.65. The van der Waals surface area contributed by atoms with Crippen LogP contribution in [0.3, 0.4) is 0 Å². The Morgan fingerprint density at radius 2 is 1.83 bits per heavy atom. The molecular formula is C16H23NO. The lowest BCUT2D eigenvalue weighted by atomic mass is 9.68. The molecule has 3 rings (SSSR count). The molecule has 0 spiro atoms. The van der Waals surface area contributed by atoms with Crippen LogP contribution in [0.4, 0.5) is 0 Å². The van der Waals surface area contributed by atoms with Gasteiger partial charge in [-0.1, -0.05) is 29.8 Å². The Balaban J connectivity index is 1.74. The van der Waals surface area contributed by atoms with E-state index in [0.29, 0.717) is 5.41 Å². The molecule has 0 unspecified atom stereocenters. The van der Waals surface area contributed by atoms with E-state index in [9.17, 15) is 0 Å². The van der Waals surface area contributed by atoms with E-state index in [4.69, 9.17) is 4.74 Å². The minimum atomic E-state index is 0.399. The van der Waals surface area contributed by atoms with Gasteiger partial charge in [0.05, 0.1) is 0 Å². The third kappa shape index (κ3) is 2.32. The van der Waals surface area contributed by atoms with Crippen molar-refractivity contribution in [1.82, 2.24) is 5.32 Å². The van der Waals surface area contributed by atoms with Gasteiger partial charge in [0.1, 0.15) is 0 Å². The highest BCUT2D eigenvalue weighted by Crippen LogP contribution is 2.38. The fourth-order valence-corrected chi connectivity index (χ4v) is 3.30. The second kappa shape index (κ2) is 5.02. The van der Waals surface area contributed by atoms with Crippen LogP contribution in [0.5, 0.6) is 0 Å². The number of rotatable bonds is 3. The first kappa shape index (κ1) is 12.2. The van der Waals surface area contributed by atoms with Crippen molar-refractivity contribution < 1.29 is 4.74 Å². The van der Waals surface area contributed by atoms with Gasteiger partial charge in [-0.05, 0) is 37.7 Å². The van der Waals surface area contributed by atoms with Crippen molar-refractivity contribution in [3.8, 4) is 0 Å². The van der Waals surface area contributed by atoms with Gasteiger partial charge >= 0.3 is 0 Å². The molecule has 0 amide bonds. The maximum Gasteiger partial charge on any atom is 0.0468 e. The monoisotopic (exact) mass is 245 g/mol. The fraction of sp³-hybridized carbons (Fsp3) is 0.625. The van der Waals surface area contributed by atoms with Crippen molar-refractivity contribution >= 4 is 0 Å². The topological polar surface area (TPSA) is 21.3 Å². The molecule has 2 saturated heterocycles. The van der Waals surface area contributed by atoms with Crippen molar-refractivity contribution in [3.05, 3.63) is 35.4 Å². The van der Waals surface area contributed by atoms with Gasteiger partial charge in [0, 0.05) is 31.7 Å². The van der Waals surface area contributed by atoms with Crippen LogP contribution in [0.2, 0.25) is 0 Å². The number of hydrogen-bond donors (Lipinski definition) is 1. The zero-order valence-corrected chi connectivity index (χ0v) is 11.2. The van der Waals surface area contributed by atoms with Crippen LogP contribution in [0.25, 0.3) is 0 Å². The lowest BCUT2D eigenvalue weighted by Gasteiger charge is -2.46. The van der Waals surface area contributed by atoms with E-state index in [0.717, 1.165) is 32.2 Å². The summed E-state index contributed by atoms with van der Waals surface area (Å²) < 4.78 is 5.47. The molecule has 2 heterocycles. The second-order valence-electron chi connectivity index (χ2n) is 6.01. The van der Waals surface area contributed by atoms with E-state index in [-0.39, 0.29) is 0 Å². The van der Waals surface area contributed by atoms with E-state index < -0.39 is 0 Å². The first-order valence-electron chi connectivity index (χ1n) is 7.14. The number of aryl methyl sites for hydroxylation is 1. The van der Waals surface area contributed by atoms with Crippen LogP contribution in [0, 0.1) is 12.8 Å². The molecule has 0 atom stereocenters. The average molecular weight is 245 g/mol. The van der Waals surface area contributed by atoms with E-state index in [1.165, 1.54) is 30.4 Å². The first-order valence-corrected chi connectivity index (χ1v) is 7.14. The number of hydrogen-bond acceptors (Lipinski definition) is 2. The largest absolute Gasteiger partial charge is 0.381 e. The lowest BCUT2D eigenvalue weighted by molar-refractivity contribution is 0.0501. The molecule has 1 aromatic carbocycles. The quantitative estimate of drug-likeness (QED) is 0.884. The maximum atomic E-state index is 5.47. The Kier molecular flexibility index (Phi) is 3.40. The molecule has 2 nitrogen and oxygen atoms in total. The van der Waals surface area contributed by atoms with Crippen molar-refractivity contribution in [3.63, 3.8) is 0 Å². The molecule has 2 heteroatoms. The summed E-state index contributed by atoms with van der Waals surface area (Å²) in [6.45, 7) is 6.37. The molecule has 0 aliphatic carbocycles. The molecule has 0 aromatic heterocycles. The van der Waals surface area contributed by atoms with Crippen LogP contribution in [-0.4, -0.2) is 26.3 Å². The molecule has 0 bridgehead atoms. The van der Waals surface area contributed by atoms with E-state index in [1.54, 1.807) is 0 Å². The summed E-state index contributed by atoms with van der Waals surface area (Å²) in [6, 6.07) is 9.16. The Morgan fingerprint density at radius 3 is 2.39 bits per heavy atom. The highest BCUT2D eigenvalue weighted by Gasteiger charge is 2.40. The number of nitrogens with one attached hydrogen (secondary N) is 1. The summed E-state index contributed by atoms with van der Waals surface area (Å²) >= 11 is 0. The molecule has 1 aromatic rings. The highest BCUT2D eigenvalue weighted by molar-refractivity contribution is 5.32. The minimum Gasteiger partial charge on any atom is -0.381 e. The molecule has 0 radical (unpaired) electrons. The maximum absolute atomic E-state index is 5.47. The standard InChI is InChI=1S/C16H23NO/c1-13-2-4-15(5-3-13)16(11-17-12-16)10-14-6-8-18-9-7-14/h2-5,14,17H,6-12H2,1H3. The fourth-order valence-electron chi connectivity index (χ4n) is 3.30. The van der Waals surface area contributed by atoms with Crippen LogP contribution in [-0.2, 0) is 10.2 Å². The summed E-state index contributed by atoms with van der Waals surface area (Å²) in [6.07, 6.45) is 3.81.